The fourth-order valence-electron chi connectivity index (χ4n) is 6.95. The minimum atomic E-state index is -2.79. The molecule has 4 aromatic rings. The zero-order valence-corrected chi connectivity index (χ0v) is 24.6. The summed E-state index contributed by atoms with van der Waals surface area (Å²) < 4.78 is 13.7. The van der Waals surface area contributed by atoms with Crippen molar-refractivity contribution in [1.82, 2.24) is 9.78 Å². The van der Waals surface area contributed by atoms with Crippen LogP contribution in [0, 0.1) is 5.92 Å². The van der Waals surface area contributed by atoms with Crippen LogP contribution in [0.3, 0.4) is 0 Å². The van der Waals surface area contributed by atoms with Gasteiger partial charge in [-0.15, -0.1) is 0 Å². The summed E-state index contributed by atoms with van der Waals surface area (Å²) in [5.41, 5.74) is 1.97. The van der Waals surface area contributed by atoms with Gasteiger partial charge in [0.15, 0.2) is 13.9 Å². The maximum Gasteiger partial charge on any atom is 0.279 e. The number of H-pyrrole nitrogens is 1. The van der Waals surface area contributed by atoms with Gasteiger partial charge in [-0.05, 0) is 67.5 Å². The van der Waals surface area contributed by atoms with Gasteiger partial charge in [0.2, 0.25) is 0 Å². The number of anilines is 1. The molecule has 41 heavy (non-hydrogen) atoms. The number of amides is 1. The lowest BCUT2D eigenvalue weighted by Gasteiger charge is -2.32. The van der Waals surface area contributed by atoms with Crippen molar-refractivity contribution in [3.63, 3.8) is 0 Å². The highest BCUT2D eigenvalue weighted by Crippen LogP contribution is 2.60. The zero-order chi connectivity index (χ0) is 29.1. The molecule has 1 aromatic heterocycles. The third-order valence-electron chi connectivity index (χ3n) is 8.71. The van der Waals surface area contributed by atoms with E-state index in [-0.39, 0.29) is 36.1 Å². The summed E-state index contributed by atoms with van der Waals surface area (Å²) in [6, 6.07) is 20.5. The lowest BCUT2D eigenvalue weighted by molar-refractivity contribution is -0.146. The van der Waals surface area contributed by atoms with Crippen LogP contribution in [0.1, 0.15) is 24.5 Å². The Morgan fingerprint density at radius 3 is 2.56 bits per heavy atom. The van der Waals surface area contributed by atoms with Gasteiger partial charge in [-0.3, -0.25) is 14.7 Å². The minimum Gasteiger partial charge on any atom is -0.497 e. The Morgan fingerprint density at radius 2 is 1.85 bits per heavy atom. The second-order valence-corrected chi connectivity index (χ2v) is 15.6. The number of methoxy groups -OCH3 is 1. The molecule has 1 saturated heterocycles. The van der Waals surface area contributed by atoms with Crippen molar-refractivity contribution in [2.75, 3.05) is 18.6 Å². The van der Waals surface area contributed by atoms with Gasteiger partial charge < -0.3 is 24.3 Å². The molecule has 0 saturated carbocycles. The summed E-state index contributed by atoms with van der Waals surface area (Å²) in [6.45, 7) is 5.86. The van der Waals surface area contributed by atoms with Crippen molar-refractivity contribution >= 4 is 30.8 Å². The summed E-state index contributed by atoms with van der Waals surface area (Å²) in [6.07, 6.45) is -0.122. The lowest BCUT2D eigenvalue weighted by atomic mass is 9.82. The maximum atomic E-state index is 14.5. The summed E-state index contributed by atoms with van der Waals surface area (Å²) in [4.78, 5) is 40.6. The molecule has 0 bridgehead atoms. The van der Waals surface area contributed by atoms with Crippen LogP contribution in [-0.2, 0) is 21.7 Å². The molecule has 1 amide bonds. The molecule has 0 unspecified atom stereocenters. The topological polar surface area (TPSA) is 117 Å². The van der Waals surface area contributed by atoms with Crippen LogP contribution >= 0.6 is 0 Å². The van der Waals surface area contributed by atoms with Crippen molar-refractivity contribution in [2.24, 2.45) is 5.92 Å². The Hall–Kier alpha value is -3.70. The van der Waals surface area contributed by atoms with Crippen LogP contribution in [0.2, 0.25) is 18.6 Å². The molecule has 6 rings (SSSR count). The van der Waals surface area contributed by atoms with Gasteiger partial charge in [-0.25, -0.2) is 4.68 Å². The average molecular weight is 574 g/mol. The highest BCUT2D eigenvalue weighted by atomic mass is 28.4. The molecule has 1 spiro atoms. The number of benzene rings is 3. The second-order valence-electron chi connectivity index (χ2n) is 11.6. The average Bonchev–Trinajstić information content (AvgIpc) is 3.53. The first-order valence-electron chi connectivity index (χ1n) is 13.9. The molecule has 2 aliphatic heterocycles. The van der Waals surface area contributed by atoms with Crippen LogP contribution in [-0.4, -0.2) is 53.7 Å². The van der Waals surface area contributed by atoms with Crippen molar-refractivity contribution in [2.45, 2.75) is 50.2 Å². The van der Waals surface area contributed by atoms with Crippen molar-refractivity contribution in [1.29, 1.82) is 0 Å². The number of aliphatic hydroxyl groups excluding tert-OH is 1. The molecule has 4 atom stereocenters. The highest BCUT2D eigenvalue weighted by molar-refractivity contribution is 6.71. The summed E-state index contributed by atoms with van der Waals surface area (Å²) in [5, 5.41) is 13.6. The predicted octanol–water partition coefficient (Wildman–Crippen LogP) is 4.05. The Balaban J connectivity index is 1.42. The van der Waals surface area contributed by atoms with E-state index in [0.29, 0.717) is 28.8 Å². The first-order chi connectivity index (χ1) is 19.6. The van der Waals surface area contributed by atoms with Crippen LogP contribution in [0.5, 0.6) is 5.75 Å². The molecule has 1 fully saturated rings. The van der Waals surface area contributed by atoms with Gasteiger partial charge in [0, 0.05) is 23.6 Å². The monoisotopic (exact) mass is 573 g/mol. The first-order valence-corrected chi connectivity index (χ1v) is 16.9. The molecule has 2 aliphatic rings. The lowest BCUT2D eigenvalue weighted by Crippen LogP contribution is -2.46. The summed E-state index contributed by atoms with van der Waals surface area (Å²) >= 11 is 0. The van der Waals surface area contributed by atoms with Crippen molar-refractivity contribution < 1.29 is 24.2 Å². The molecule has 9 nitrogen and oxygen atoms in total. The van der Waals surface area contributed by atoms with Gasteiger partial charge in [0.25, 0.3) is 11.5 Å². The number of rotatable bonds is 7. The Labute approximate surface area is 239 Å². The predicted molar refractivity (Wildman–Crippen MR) is 159 cm³/mol. The number of nitrogens with one attached hydrogen (secondary N) is 1. The summed E-state index contributed by atoms with van der Waals surface area (Å²) in [5.74, 6) is 0.0758. The van der Waals surface area contributed by atoms with Gasteiger partial charge in [-0.2, -0.15) is 0 Å². The number of hydrogen-bond acceptors (Lipinski definition) is 6. The molecular formula is C31H35N3O6Si. The Kier molecular flexibility index (Phi) is 6.69. The molecular weight excluding hydrogens is 538 g/mol. The number of carbonyl (C=O) groups excluding carboxylic acids is 1. The minimum absolute atomic E-state index is 0.1000. The molecule has 214 valence electrons. The normalized spacial score (nSPS) is 24.0. The smallest absolute Gasteiger partial charge is 0.279 e. The molecule has 3 heterocycles. The van der Waals surface area contributed by atoms with Gasteiger partial charge in [0.1, 0.15) is 5.75 Å². The van der Waals surface area contributed by atoms with Crippen molar-refractivity contribution in [3.8, 4) is 11.4 Å². The van der Waals surface area contributed by atoms with E-state index in [9.17, 15) is 19.5 Å². The standard InChI is InChI=1S/C31H35N3O6Si/c1-19-28(41(3,4)38)27(14-15-35)40-31(19)24-17-22(39-2)12-13-26(24)33(30(31)37)18-20-8-7-9-21(16-20)34-29(36)23-10-5-6-11-25(23)32-34/h5-13,16-17,19,27-28,32,35,38H,14-15,18H2,1-4H3/t19-,27+,28-,31+/m1/s1. The van der Waals surface area contributed by atoms with Crippen LogP contribution < -0.4 is 15.2 Å². The summed E-state index contributed by atoms with van der Waals surface area (Å²) in [7, 11) is -1.20. The van der Waals surface area contributed by atoms with Crippen LogP contribution in [0.15, 0.2) is 71.5 Å². The molecule has 3 N–H and O–H groups in total. The number of carbonyl (C=O) groups is 1. The number of aliphatic hydroxyl groups is 1. The molecule has 3 aromatic carbocycles. The van der Waals surface area contributed by atoms with E-state index in [1.165, 1.54) is 4.68 Å². The Bertz CT molecular complexity index is 1690. The van der Waals surface area contributed by atoms with Crippen molar-refractivity contribution in [3.05, 3.63) is 88.2 Å². The van der Waals surface area contributed by atoms with E-state index < -0.39 is 20.0 Å². The quantitative estimate of drug-likeness (QED) is 0.287. The number of hydrogen-bond donors (Lipinski definition) is 3. The number of ether oxygens (including phenoxy) is 2. The third kappa shape index (κ3) is 4.24. The van der Waals surface area contributed by atoms with Gasteiger partial charge in [-0.1, -0.05) is 31.2 Å². The maximum absolute atomic E-state index is 14.5. The number of nitrogens with zero attached hydrogens (tertiary/aromatic N) is 2. The fraction of sp³-hybridized carbons (Fsp3) is 0.355. The first kappa shape index (κ1) is 27.5. The highest BCUT2D eigenvalue weighted by Gasteiger charge is 2.66. The van der Waals surface area contributed by atoms with Gasteiger partial charge in [0.05, 0.1) is 42.0 Å². The van der Waals surface area contributed by atoms with E-state index in [2.05, 4.69) is 5.10 Å². The number of fused-ring (bicyclic) bond motifs is 3. The van der Waals surface area contributed by atoms with E-state index in [1.807, 2.05) is 80.7 Å². The van der Waals surface area contributed by atoms with E-state index >= 15 is 0 Å². The van der Waals surface area contributed by atoms with Crippen LogP contribution in [0.25, 0.3) is 16.6 Å². The second kappa shape index (κ2) is 9.99. The molecule has 0 radical (unpaired) electrons. The van der Waals surface area contributed by atoms with E-state index in [1.54, 1.807) is 18.1 Å². The van der Waals surface area contributed by atoms with Crippen LogP contribution in [0.4, 0.5) is 5.69 Å². The van der Waals surface area contributed by atoms with E-state index in [4.69, 9.17) is 9.47 Å². The van der Waals surface area contributed by atoms with Gasteiger partial charge >= 0.3 is 0 Å². The number of aromatic amines is 1. The number of para-hydroxylation sites is 1. The molecule has 0 aliphatic carbocycles. The largest absolute Gasteiger partial charge is 0.497 e. The fourth-order valence-corrected chi connectivity index (χ4v) is 9.56. The van der Waals surface area contributed by atoms with E-state index in [0.717, 1.165) is 16.8 Å². The third-order valence-corrected chi connectivity index (χ3v) is 11.2. The SMILES string of the molecule is COc1ccc2c(c1)[C@]1(O[C@@H](CCO)[C@H]([Si](C)(C)O)[C@H]1C)C(=O)N2Cc1cccc(-n2[nH]c3ccccc3c2=O)c1. The number of aromatic nitrogens is 2. The Morgan fingerprint density at radius 1 is 1.07 bits per heavy atom. The molecule has 10 heteroatoms. The zero-order valence-electron chi connectivity index (χ0n) is 23.6.